The van der Waals surface area contributed by atoms with E-state index in [2.05, 4.69) is 10.4 Å². The second-order valence-corrected chi connectivity index (χ2v) is 8.20. The van der Waals surface area contributed by atoms with Crippen LogP contribution in [-0.2, 0) is 19.1 Å². The lowest BCUT2D eigenvalue weighted by Gasteiger charge is -2.25. The van der Waals surface area contributed by atoms with Crippen molar-refractivity contribution < 1.29 is 24.2 Å². The van der Waals surface area contributed by atoms with Crippen LogP contribution in [0.5, 0.6) is 0 Å². The summed E-state index contributed by atoms with van der Waals surface area (Å²) >= 11 is 1.06. The largest absolute Gasteiger partial charge is 0.479 e. The molecule has 0 saturated heterocycles. The van der Waals surface area contributed by atoms with E-state index in [1.807, 2.05) is 27.7 Å². The Morgan fingerprint density at radius 3 is 2.42 bits per heavy atom. The summed E-state index contributed by atoms with van der Waals surface area (Å²) in [7, 11) is 0. The molecule has 0 bridgehead atoms. The van der Waals surface area contributed by atoms with Crippen molar-refractivity contribution in [3.05, 3.63) is 0 Å². The van der Waals surface area contributed by atoms with Gasteiger partial charge in [0.25, 0.3) is 5.91 Å². The highest BCUT2D eigenvalue weighted by Gasteiger charge is 2.42. The minimum atomic E-state index is -1.13. The molecule has 0 aromatic rings. The molecule has 9 heteroatoms. The maximum Gasteiger partial charge on any atom is 0.339 e. The zero-order chi connectivity index (χ0) is 20.1. The molecule has 0 radical (unpaired) electrons. The first-order valence-electron chi connectivity index (χ1n) is 8.77. The van der Waals surface area contributed by atoms with Gasteiger partial charge in [0.05, 0.1) is 12.6 Å². The quantitative estimate of drug-likeness (QED) is 0.614. The molecule has 3 atom stereocenters. The fraction of sp³-hybridized carbons (Fsp3) is 0.765. The van der Waals surface area contributed by atoms with Gasteiger partial charge in [0, 0.05) is 5.41 Å². The zero-order valence-corrected chi connectivity index (χ0v) is 17.1. The summed E-state index contributed by atoms with van der Waals surface area (Å²) in [5.41, 5.74) is -0.361. The van der Waals surface area contributed by atoms with Crippen LogP contribution in [0.25, 0.3) is 0 Å². The maximum atomic E-state index is 12.8. The van der Waals surface area contributed by atoms with E-state index in [4.69, 9.17) is 4.74 Å². The summed E-state index contributed by atoms with van der Waals surface area (Å²) in [6.45, 7) is 11.2. The van der Waals surface area contributed by atoms with Gasteiger partial charge in [-0.2, -0.15) is 5.10 Å². The van der Waals surface area contributed by atoms with Crippen LogP contribution < -0.4 is 5.32 Å². The molecular formula is C17H29N3O5S. The first-order valence-corrected chi connectivity index (χ1v) is 9.65. The molecule has 0 spiro atoms. The van der Waals surface area contributed by atoms with Crippen LogP contribution in [0.1, 0.15) is 54.4 Å². The average molecular weight is 388 g/mol. The number of aliphatic carboxylic acids is 1. The van der Waals surface area contributed by atoms with Crippen molar-refractivity contribution in [3.8, 4) is 0 Å². The van der Waals surface area contributed by atoms with Gasteiger partial charge in [-0.05, 0) is 20.3 Å². The predicted octanol–water partition coefficient (Wildman–Crippen LogP) is 2.04. The fourth-order valence-corrected chi connectivity index (χ4v) is 3.40. The van der Waals surface area contributed by atoms with Crippen LogP contribution in [0, 0.1) is 5.41 Å². The Labute approximate surface area is 158 Å². The molecule has 1 rings (SSSR count). The third kappa shape index (κ3) is 5.70. The van der Waals surface area contributed by atoms with Crippen molar-refractivity contribution in [2.45, 2.75) is 71.8 Å². The normalized spacial score (nSPS) is 19.7. The number of nitrogens with zero attached hydrogens (tertiary/aromatic N) is 2. The first-order chi connectivity index (χ1) is 12.0. The number of carbonyl (C=O) groups is 3. The van der Waals surface area contributed by atoms with E-state index >= 15 is 0 Å². The molecule has 26 heavy (non-hydrogen) atoms. The molecule has 2 N–H and O–H groups in total. The van der Waals surface area contributed by atoms with Crippen LogP contribution in [0.3, 0.4) is 0 Å². The van der Waals surface area contributed by atoms with Crippen LogP contribution >= 0.6 is 11.8 Å². The Hall–Kier alpha value is -1.61. The average Bonchev–Trinajstić information content (AvgIpc) is 2.99. The highest BCUT2D eigenvalue weighted by atomic mass is 32.2. The van der Waals surface area contributed by atoms with Crippen molar-refractivity contribution in [1.29, 1.82) is 0 Å². The SMILES string of the molecule is CCC[C@H](N[C@@H](C)C(=O)N1N=C(C(C)(C)C)S[C@H]1C(=O)O)C(=O)OCC. The minimum absolute atomic E-state index is 0.256. The van der Waals surface area contributed by atoms with Gasteiger partial charge in [0.15, 0.2) is 0 Å². The minimum Gasteiger partial charge on any atom is -0.479 e. The Morgan fingerprint density at radius 2 is 1.96 bits per heavy atom. The molecule has 0 saturated carbocycles. The van der Waals surface area contributed by atoms with Gasteiger partial charge in [-0.3, -0.25) is 14.9 Å². The molecule has 0 aromatic carbocycles. The van der Waals surface area contributed by atoms with E-state index < -0.39 is 35.3 Å². The number of hydrazone groups is 1. The van der Waals surface area contributed by atoms with Crippen molar-refractivity contribution in [1.82, 2.24) is 10.3 Å². The number of carboxylic acid groups (broad SMARTS) is 1. The van der Waals surface area contributed by atoms with Crippen LogP contribution in [0.2, 0.25) is 0 Å². The Morgan fingerprint density at radius 1 is 1.35 bits per heavy atom. The summed E-state index contributed by atoms with van der Waals surface area (Å²) in [6, 6.07) is -1.40. The van der Waals surface area contributed by atoms with Gasteiger partial charge in [0.2, 0.25) is 5.37 Å². The summed E-state index contributed by atoms with van der Waals surface area (Å²) in [5, 5.41) is 17.1. The molecule has 8 nitrogen and oxygen atoms in total. The molecule has 1 aliphatic rings. The maximum absolute atomic E-state index is 12.8. The third-order valence-corrected chi connectivity index (χ3v) is 5.23. The molecule has 0 unspecified atom stereocenters. The molecule has 0 aromatic heterocycles. The number of rotatable bonds is 8. The summed E-state index contributed by atoms with van der Waals surface area (Å²) in [6.07, 6.45) is 1.26. The van der Waals surface area contributed by atoms with Crippen LogP contribution in [0.4, 0.5) is 0 Å². The Bertz CT molecular complexity index is 573. The van der Waals surface area contributed by atoms with Gasteiger partial charge < -0.3 is 9.84 Å². The Kier molecular flexibility index (Phi) is 8.08. The van der Waals surface area contributed by atoms with E-state index in [9.17, 15) is 19.5 Å². The van der Waals surface area contributed by atoms with Crippen molar-refractivity contribution in [2.24, 2.45) is 10.5 Å². The van der Waals surface area contributed by atoms with Crippen LogP contribution in [0.15, 0.2) is 5.10 Å². The van der Waals surface area contributed by atoms with Gasteiger partial charge >= 0.3 is 11.9 Å². The van der Waals surface area contributed by atoms with Gasteiger partial charge in [-0.15, -0.1) is 0 Å². The Balaban J connectivity index is 2.94. The van der Waals surface area contributed by atoms with Crippen molar-refractivity contribution in [3.63, 3.8) is 0 Å². The highest BCUT2D eigenvalue weighted by molar-refractivity contribution is 8.15. The monoisotopic (exact) mass is 387 g/mol. The lowest BCUT2D eigenvalue weighted by atomic mass is 9.99. The number of carbonyl (C=O) groups excluding carboxylic acids is 2. The standard InChI is InChI=1S/C17H29N3O5S/c1-7-9-11(15(24)25-8-2)18-10(3)12(21)20-13(14(22)23)26-16(19-20)17(4,5)6/h10-11,13,18H,7-9H2,1-6H3,(H,22,23)/t10-,11-,13-/m0/s1. The highest BCUT2D eigenvalue weighted by Crippen LogP contribution is 2.35. The summed E-state index contributed by atoms with van der Waals surface area (Å²) in [5.74, 6) is -2.04. The second-order valence-electron chi connectivity index (χ2n) is 7.13. The van der Waals surface area contributed by atoms with E-state index in [1.54, 1.807) is 13.8 Å². The second kappa shape index (κ2) is 9.36. The third-order valence-electron chi connectivity index (χ3n) is 3.69. The van der Waals surface area contributed by atoms with E-state index in [0.717, 1.165) is 23.2 Å². The lowest BCUT2D eigenvalue weighted by molar-refractivity contribution is -0.149. The van der Waals surface area contributed by atoms with Crippen molar-refractivity contribution >= 4 is 34.7 Å². The number of carboxylic acids is 1. The number of hydrogen-bond acceptors (Lipinski definition) is 7. The lowest BCUT2D eigenvalue weighted by Crippen LogP contribution is -2.51. The summed E-state index contributed by atoms with van der Waals surface area (Å²) in [4.78, 5) is 36.4. The van der Waals surface area contributed by atoms with Gasteiger partial charge in [-0.1, -0.05) is 45.9 Å². The number of ether oxygens (including phenoxy) is 1. The van der Waals surface area contributed by atoms with Gasteiger partial charge in [-0.25, -0.2) is 9.80 Å². The smallest absolute Gasteiger partial charge is 0.339 e. The number of esters is 1. The molecular weight excluding hydrogens is 358 g/mol. The predicted molar refractivity (Wildman–Crippen MR) is 101 cm³/mol. The molecule has 1 heterocycles. The molecule has 148 valence electrons. The zero-order valence-electron chi connectivity index (χ0n) is 16.2. The summed E-state index contributed by atoms with van der Waals surface area (Å²) < 4.78 is 5.03. The topological polar surface area (TPSA) is 108 Å². The molecule has 0 aliphatic carbocycles. The number of nitrogens with one attached hydrogen (secondary N) is 1. The molecule has 1 aliphatic heterocycles. The van der Waals surface area contributed by atoms with E-state index in [1.165, 1.54) is 0 Å². The molecule has 0 fully saturated rings. The number of hydrogen-bond donors (Lipinski definition) is 2. The van der Waals surface area contributed by atoms with E-state index in [0.29, 0.717) is 11.5 Å². The van der Waals surface area contributed by atoms with Crippen LogP contribution in [-0.4, -0.2) is 57.1 Å². The van der Waals surface area contributed by atoms with E-state index in [-0.39, 0.29) is 12.0 Å². The number of amides is 1. The fourth-order valence-electron chi connectivity index (χ4n) is 2.35. The van der Waals surface area contributed by atoms with Crippen molar-refractivity contribution in [2.75, 3.05) is 6.61 Å². The molecule has 1 amide bonds. The van der Waals surface area contributed by atoms with Gasteiger partial charge in [0.1, 0.15) is 11.1 Å². The first kappa shape index (κ1) is 22.4. The number of thioether (sulfide) groups is 1.